The Morgan fingerprint density at radius 3 is 2.84 bits per heavy atom. The predicted molar refractivity (Wildman–Crippen MR) is 107 cm³/mol. The Morgan fingerprint density at radius 1 is 1.28 bits per heavy atom. The zero-order valence-corrected chi connectivity index (χ0v) is 16.3. The molecule has 1 unspecified atom stereocenters. The molecule has 2 aliphatic heterocycles. The summed E-state index contributed by atoms with van der Waals surface area (Å²) in [5.74, 6) is 0.722. The average molecular weight is 365 g/mol. The van der Waals surface area contributed by atoms with E-state index in [1.54, 1.807) is 11.3 Å². The van der Waals surface area contributed by atoms with Gasteiger partial charge >= 0.3 is 0 Å². The van der Waals surface area contributed by atoms with Gasteiger partial charge in [0.25, 0.3) is 0 Å². The normalized spacial score (nSPS) is 23.2. The topological polar surface area (TPSA) is 61.0 Å². The van der Waals surface area contributed by atoms with Crippen molar-refractivity contribution in [3.63, 3.8) is 0 Å². The minimum Gasteiger partial charge on any atom is -0.370 e. The fraction of sp³-hybridized carbons (Fsp3) is 0.778. The maximum atomic E-state index is 6.30. The molecule has 7 heteroatoms. The van der Waals surface area contributed by atoms with Crippen molar-refractivity contribution in [3.05, 3.63) is 11.6 Å². The molecule has 2 aliphatic rings. The van der Waals surface area contributed by atoms with Crippen LogP contribution < -0.4 is 10.6 Å². The van der Waals surface area contributed by atoms with E-state index in [1.165, 1.54) is 45.2 Å². The van der Waals surface area contributed by atoms with Crippen molar-refractivity contribution in [2.24, 2.45) is 10.7 Å². The molecular formula is C18H32N6S. The highest BCUT2D eigenvalue weighted by Crippen LogP contribution is 2.20. The quantitative estimate of drug-likeness (QED) is 0.620. The van der Waals surface area contributed by atoms with Crippen LogP contribution in [0.15, 0.2) is 16.6 Å². The number of aromatic nitrogens is 1. The number of piperidine rings is 1. The molecule has 0 aromatic carbocycles. The molecule has 140 valence electrons. The maximum Gasteiger partial charge on any atom is 0.191 e. The van der Waals surface area contributed by atoms with Crippen molar-refractivity contribution >= 4 is 22.4 Å². The van der Waals surface area contributed by atoms with Crippen LogP contribution in [0.3, 0.4) is 0 Å². The Morgan fingerprint density at radius 2 is 2.12 bits per heavy atom. The third-order valence-corrected chi connectivity index (χ3v) is 6.14. The lowest BCUT2D eigenvalue weighted by Crippen LogP contribution is -2.51. The number of thiazole rings is 1. The van der Waals surface area contributed by atoms with Crippen LogP contribution in [0, 0.1) is 0 Å². The molecule has 2 N–H and O–H groups in total. The van der Waals surface area contributed by atoms with Gasteiger partial charge in [-0.05, 0) is 32.4 Å². The molecule has 0 saturated carbocycles. The molecule has 1 atom stereocenters. The largest absolute Gasteiger partial charge is 0.370 e. The molecule has 1 aromatic rings. The van der Waals surface area contributed by atoms with E-state index in [-0.39, 0.29) is 0 Å². The van der Waals surface area contributed by atoms with Gasteiger partial charge in [-0.1, -0.05) is 19.8 Å². The molecule has 25 heavy (non-hydrogen) atoms. The number of likely N-dealkylation sites (tertiary alicyclic amines) is 1. The van der Waals surface area contributed by atoms with E-state index in [0.29, 0.717) is 6.04 Å². The summed E-state index contributed by atoms with van der Waals surface area (Å²) >= 11 is 1.70. The first-order chi connectivity index (χ1) is 12.3. The Balaban J connectivity index is 1.48. The van der Waals surface area contributed by atoms with E-state index >= 15 is 0 Å². The van der Waals surface area contributed by atoms with Gasteiger partial charge in [-0.15, -0.1) is 11.3 Å². The van der Waals surface area contributed by atoms with Gasteiger partial charge in [0, 0.05) is 43.8 Å². The molecule has 0 radical (unpaired) electrons. The zero-order valence-electron chi connectivity index (χ0n) is 15.4. The number of anilines is 1. The fourth-order valence-electron chi connectivity index (χ4n) is 3.72. The molecule has 3 heterocycles. The third-order valence-electron chi connectivity index (χ3n) is 5.31. The van der Waals surface area contributed by atoms with E-state index in [1.807, 2.05) is 11.6 Å². The first-order valence-corrected chi connectivity index (χ1v) is 10.6. The lowest BCUT2D eigenvalue weighted by atomic mass is 10.0. The number of guanidine groups is 1. The Labute approximate surface area is 155 Å². The number of nitrogens with two attached hydrogens (primary N) is 1. The monoisotopic (exact) mass is 364 g/mol. The van der Waals surface area contributed by atoms with Gasteiger partial charge in [-0.25, -0.2) is 4.98 Å². The lowest BCUT2D eigenvalue weighted by Gasteiger charge is -2.36. The van der Waals surface area contributed by atoms with Crippen molar-refractivity contribution in [3.8, 4) is 0 Å². The second-order valence-electron chi connectivity index (χ2n) is 7.03. The van der Waals surface area contributed by atoms with Crippen LogP contribution in [0.4, 0.5) is 5.13 Å². The van der Waals surface area contributed by atoms with Crippen LogP contribution in [0.2, 0.25) is 0 Å². The van der Waals surface area contributed by atoms with Crippen molar-refractivity contribution < 1.29 is 0 Å². The molecule has 0 amide bonds. The number of rotatable bonds is 6. The average Bonchev–Trinajstić information content (AvgIpc) is 3.20. The zero-order chi connectivity index (χ0) is 17.5. The van der Waals surface area contributed by atoms with Gasteiger partial charge in [0.05, 0.1) is 6.54 Å². The van der Waals surface area contributed by atoms with Crippen LogP contribution in [0.25, 0.3) is 0 Å². The molecule has 1 aromatic heterocycles. The smallest absolute Gasteiger partial charge is 0.191 e. The van der Waals surface area contributed by atoms with Gasteiger partial charge in [0.2, 0.25) is 0 Å². The van der Waals surface area contributed by atoms with Crippen LogP contribution in [0.5, 0.6) is 0 Å². The lowest BCUT2D eigenvalue weighted by molar-refractivity contribution is 0.151. The minimum absolute atomic E-state index is 0.579. The second kappa shape index (κ2) is 9.38. The van der Waals surface area contributed by atoms with E-state index in [0.717, 1.165) is 43.8 Å². The summed E-state index contributed by atoms with van der Waals surface area (Å²) in [6.07, 6.45) is 8.34. The summed E-state index contributed by atoms with van der Waals surface area (Å²) in [5.41, 5.74) is 6.30. The number of unbranched alkanes of at least 4 members (excludes halogenated alkanes) is 1. The van der Waals surface area contributed by atoms with Crippen molar-refractivity contribution in [2.75, 3.05) is 50.7 Å². The SMILES string of the molecule is CCCCN1CCCCC1CN=C(N)N1CCN(c2nccs2)CC1. The standard InChI is InChI=1S/C18H32N6S/c1-2-3-8-22-9-5-4-6-16(22)15-21-17(19)23-10-12-24(13-11-23)18-20-7-14-25-18/h7,14,16H,2-6,8-13,15H2,1H3,(H2,19,21). The highest BCUT2D eigenvalue weighted by molar-refractivity contribution is 7.13. The molecule has 6 nitrogen and oxygen atoms in total. The highest BCUT2D eigenvalue weighted by atomic mass is 32.1. The van der Waals surface area contributed by atoms with Crippen molar-refractivity contribution in [1.82, 2.24) is 14.8 Å². The summed E-state index contributed by atoms with van der Waals surface area (Å²) in [5, 5.41) is 3.15. The van der Waals surface area contributed by atoms with Gasteiger partial charge in [-0.2, -0.15) is 0 Å². The van der Waals surface area contributed by atoms with Gasteiger partial charge < -0.3 is 15.5 Å². The van der Waals surface area contributed by atoms with Crippen LogP contribution in [0.1, 0.15) is 39.0 Å². The number of piperazine rings is 1. The second-order valence-corrected chi connectivity index (χ2v) is 7.90. The summed E-state index contributed by atoms with van der Waals surface area (Å²) in [4.78, 5) is 16.4. The first-order valence-electron chi connectivity index (χ1n) is 9.71. The number of hydrogen-bond acceptors (Lipinski definition) is 5. The summed E-state index contributed by atoms with van der Waals surface area (Å²) < 4.78 is 0. The molecule has 0 bridgehead atoms. The number of nitrogens with zero attached hydrogens (tertiary/aromatic N) is 5. The summed E-state index contributed by atoms with van der Waals surface area (Å²) in [6.45, 7) is 9.35. The third kappa shape index (κ3) is 5.07. The van der Waals surface area contributed by atoms with E-state index in [4.69, 9.17) is 10.7 Å². The Bertz CT molecular complexity index is 524. The van der Waals surface area contributed by atoms with Gasteiger partial charge in [0.1, 0.15) is 0 Å². The molecule has 0 aliphatic carbocycles. The molecule has 3 rings (SSSR count). The van der Waals surface area contributed by atoms with Crippen LogP contribution in [-0.2, 0) is 0 Å². The fourth-order valence-corrected chi connectivity index (χ4v) is 4.42. The number of hydrogen-bond donors (Lipinski definition) is 1. The summed E-state index contributed by atoms with van der Waals surface area (Å²) in [6, 6.07) is 0.579. The van der Waals surface area contributed by atoms with Crippen molar-refractivity contribution in [1.29, 1.82) is 0 Å². The maximum absolute atomic E-state index is 6.30. The van der Waals surface area contributed by atoms with Crippen LogP contribution >= 0.6 is 11.3 Å². The summed E-state index contributed by atoms with van der Waals surface area (Å²) in [7, 11) is 0. The van der Waals surface area contributed by atoms with E-state index in [9.17, 15) is 0 Å². The Hall–Kier alpha value is -1.34. The molecule has 2 saturated heterocycles. The molecule has 0 spiro atoms. The predicted octanol–water partition coefficient (Wildman–Crippen LogP) is 2.23. The number of aliphatic imine (C=N–C) groups is 1. The van der Waals surface area contributed by atoms with E-state index in [2.05, 4.69) is 26.6 Å². The highest BCUT2D eigenvalue weighted by Gasteiger charge is 2.23. The van der Waals surface area contributed by atoms with Crippen LogP contribution in [-0.4, -0.2) is 72.6 Å². The van der Waals surface area contributed by atoms with Crippen molar-refractivity contribution in [2.45, 2.75) is 45.1 Å². The van der Waals surface area contributed by atoms with E-state index < -0.39 is 0 Å². The molecule has 2 fully saturated rings. The van der Waals surface area contributed by atoms with Gasteiger partial charge in [-0.3, -0.25) is 9.89 Å². The Kier molecular flexibility index (Phi) is 6.93. The van der Waals surface area contributed by atoms with Gasteiger partial charge in [0.15, 0.2) is 11.1 Å². The molecular weight excluding hydrogens is 332 g/mol. The minimum atomic E-state index is 0.579. The first kappa shape index (κ1) is 18.5.